The van der Waals surface area contributed by atoms with E-state index in [2.05, 4.69) is 5.10 Å². The van der Waals surface area contributed by atoms with Gasteiger partial charge in [-0.05, 0) is 6.07 Å². The predicted octanol–water partition coefficient (Wildman–Crippen LogP) is 1.52. The summed E-state index contributed by atoms with van der Waals surface area (Å²) in [5, 5.41) is 4.80. The molecule has 2 aromatic rings. The lowest BCUT2D eigenvalue weighted by Crippen LogP contribution is -2.46. The number of hydrogen-bond acceptors (Lipinski definition) is 3. The Hall–Kier alpha value is -2.58. The summed E-state index contributed by atoms with van der Waals surface area (Å²) in [5.41, 5.74) is 0.636. The van der Waals surface area contributed by atoms with Crippen LogP contribution in [0.25, 0.3) is 10.9 Å². The lowest BCUT2D eigenvalue weighted by Gasteiger charge is -2.25. The first-order valence-electron chi connectivity index (χ1n) is 7.12. The van der Waals surface area contributed by atoms with Crippen LogP contribution in [0.15, 0.2) is 30.5 Å². The van der Waals surface area contributed by atoms with Gasteiger partial charge < -0.3 is 9.80 Å². The van der Waals surface area contributed by atoms with Crippen LogP contribution in [0.5, 0.6) is 0 Å². The van der Waals surface area contributed by atoms with Crippen molar-refractivity contribution < 1.29 is 22.8 Å². The van der Waals surface area contributed by atoms with Crippen molar-refractivity contribution in [3.05, 3.63) is 30.5 Å². The molecule has 0 saturated heterocycles. The highest BCUT2D eigenvalue weighted by atomic mass is 19.4. The molecule has 0 aliphatic rings. The summed E-state index contributed by atoms with van der Waals surface area (Å²) in [6.07, 6.45) is -3.06. The number of carbonyl (C=O) groups is 2. The first kappa shape index (κ1) is 17.8. The Labute approximate surface area is 136 Å². The van der Waals surface area contributed by atoms with Gasteiger partial charge in [0, 0.05) is 19.5 Å². The smallest absolute Gasteiger partial charge is 0.347 e. The van der Waals surface area contributed by atoms with Crippen LogP contribution in [-0.2, 0) is 16.1 Å². The molecule has 1 heterocycles. The molecule has 9 heteroatoms. The van der Waals surface area contributed by atoms with E-state index in [1.807, 2.05) is 0 Å². The Bertz CT molecular complexity index is 740. The standard InChI is InChI=1S/C15H17F3N4O2/c1-20(2)13(23)8-21(10-15(16,17)18)14(24)9-22-12-6-4-3-5-11(12)7-19-22/h3-7H,8-10H2,1-2H3. The molecule has 2 amide bonds. The molecule has 1 aromatic carbocycles. The minimum Gasteiger partial charge on any atom is -0.347 e. The van der Waals surface area contributed by atoms with Crippen LogP contribution in [0.4, 0.5) is 13.2 Å². The summed E-state index contributed by atoms with van der Waals surface area (Å²) < 4.78 is 39.4. The van der Waals surface area contributed by atoms with E-state index in [4.69, 9.17) is 0 Å². The van der Waals surface area contributed by atoms with Crippen molar-refractivity contribution >= 4 is 22.7 Å². The van der Waals surface area contributed by atoms with Gasteiger partial charge in [-0.2, -0.15) is 18.3 Å². The second-order valence-electron chi connectivity index (χ2n) is 5.51. The van der Waals surface area contributed by atoms with Gasteiger partial charge >= 0.3 is 6.18 Å². The molecule has 0 aliphatic carbocycles. The average Bonchev–Trinajstić information content (AvgIpc) is 2.88. The normalized spacial score (nSPS) is 11.5. The summed E-state index contributed by atoms with van der Waals surface area (Å²) in [6.45, 7) is -2.49. The Morgan fingerprint density at radius 1 is 1.17 bits per heavy atom. The first-order valence-corrected chi connectivity index (χ1v) is 7.12. The van der Waals surface area contributed by atoms with Crippen molar-refractivity contribution in [2.24, 2.45) is 0 Å². The van der Waals surface area contributed by atoms with Gasteiger partial charge in [-0.1, -0.05) is 18.2 Å². The average molecular weight is 342 g/mol. The van der Waals surface area contributed by atoms with Crippen molar-refractivity contribution in [2.75, 3.05) is 27.2 Å². The van der Waals surface area contributed by atoms with E-state index in [9.17, 15) is 22.8 Å². The number of hydrogen-bond donors (Lipinski definition) is 0. The monoisotopic (exact) mass is 342 g/mol. The van der Waals surface area contributed by atoms with Crippen LogP contribution >= 0.6 is 0 Å². The Morgan fingerprint density at radius 3 is 2.46 bits per heavy atom. The SMILES string of the molecule is CN(C)C(=O)CN(CC(F)(F)F)C(=O)Cn1ncc2ccccc21. The maximum atomic E-state index is 12.7. The van der Waals surface area contributed by atoms with Crippen LogP contribution in [0.3, 0.4) is 0 Å². The number of amides is 2. The number of halogens is 3. The molecule has 0 atom stereocenters. The molecule has 0 bridgehead atoms. The molecular formula is C15H17F3N4O2. The van der Waals surface area contributed by atoms with Gasteiger partial charge in [-0.3, -0.25) is 14.3 Å². The zero-order chi connectivity index (χ0) is 17.9. The molecule has 24 heavy (non-hydrogen) atoms. The van der Waals surface area contributed by atoms with Crippen molar-refractivity contribution in [3.8, 4) is 0 Å². The van der Waals surface area contributed by atoms with Gasteiger partial charge in [0.25, 0.3) is 0 Å². The van der Waals surface area contributed by atoms with Gasteiger partial charge in [0.15, 0.2) is 0 Å². The molecule has 0 N–H and O–H groups in total. The molecule has 1 aromatic heterocycles. The Morgan fingerprint density at radius 2 is 1.83 bits per heavy atom. The number of rotatable bonds is 5. The van der Waals surface area contributed by atoms with Gasteiger partial charge in [0.1, 0.15) is 19.6 Å². The maximum Gasteiger partial charge on any atom is 0.406 e. The summed E-state index contributed by atoms with van der Waals surface area (Å²) in [5.74, 6) is -1.41. The Balaban J connectivity index is 2.18. The van der Waals surface area contributed by atoms with Crippen molar-refractivity contribution in [1.82, 2.24) is 19.6 Å². The molecule has 6 nitrogen and oxygen atoms in total. The third-order valence-corrected chi connectivity index (χ3v) is 3.38. The van der Waals surface area contributed by atoms with E-state index in [1.165, 1.54) is 25.0 Å². The fourth-order valence-corrected chi connectivity index (χ4v) is 2.13. The topological polar surface area (TPSA) is 58.4 Å². The molecule has 0 unspecified atom stereocenters. The third kappa shape index (κ3) is 4.46. The minimum atomic E-state index is -4.59. The number of benzene rings is 1. The van der Waals surface area contributed by atoms with Crippen molar-refractivity contribution in [2.45, 2.75) is 12.7 Å². The van der Waals surface area contributed by atoms with E-state index < -0.39 is 31.1 Å². The van der Waals surface area contributed by atoms with Crippen molar-refractivity contribution in [1.29, 1.82) is 0 Å². The molecule has 0 radical (unpaired) electrons. The predicted molar refractivity (Wildman–Crippen MR) is 81.1 cm³/mol. The van der Waals surface area contributed by atoms with Gasteiger partial charge in [-0.15, -0.1) is 0 Å². The number of carbonyl (C=O) groups excluding carboxylic acids is 2. The molecule has 0 spiro atoms. The lowest BCUT2D eigenvalue weighted by atomic mass is 10.2. The zero-order valence-corrected chi connectivity index (χ0v) is 13.2. The molecule has 0 aliphatic heterocycles. The summed E-state index contributed by atoms with van der Waals surface area (Å²) in [7, 11) is 2.83. The zero-order valence-electron chi connectivity index (χ0n) is 13.2. The molecular weight excluding hydrogens is 325 g/mol. The highest BCUT2D eigenvalue weighted by molar-refractivity contribution is 5.86. The summed E-state index contributed by atoms with van der Waals surface area (Å²) >= 11 is 0. The van der Waals surface area contributed by atoms with Gasteiger partial charge in [0.05, 0.1) is 11.7 Å². The summed E-state index contributed by atoms with van der Waals surface area (Å²) in [6, 6.07) is 7.04. The maximum absolute atomic E-state index is 12.7. The number of likely N-dealkylation sites (N-methyl/N-ethyl adjacent to an activating group) is 1. The van der Waals surface area contributed by atoms with Crippen LogP contribution in [0, 0.1) is 0 Å². The van der Waals surface area contributed by atoms with E-state index in [0.717, 1.165) is 10.3 Å². The fourth-order valence-electron chi connectivity index (χ4n) is 2.13. The number of alkyl halides is 3. The van der Waals surface area contributed by atoms with E-state index in [-0.39, 0.29) is 6.54 Å². The van der Waals surface area contributed by atoms with Crippen molar-refractivity contribution in [3.63, 3.8) is 0 Å². The molecule has 2 rings (SSSR count). The Kier molecular flexibility index (Phi) is 5.10. The molecule has 0 fully saturated rings. The summed E-state index contributed by atoms with van der Waals surface area (Å²) in [4.78, 5) is 25.6. The van der Waals surface area contributed by atoms with E-state index in [0.29, 0.717) is 10.4 Å². The van der Waals surface area contributed by atoms with Gasteiger partial charge in [-0.25, -0.2) is 0 Å². The molecule has 130 valence electrons. The highest BCUT2D eigenvalue weighted by Crippen LogP contribution is 2.18. The van der Waals surface area contributed by atoms with E-state index >= 15 is 0 Å². The quantitative estimate of drug-likeness (QED) is 0.828. The van der Waals surface area contributed by atoms with Crippen LogP contribution in [-0.4, -0.2) is 64.8 Å². The second-order valence-corrected chi connectivity index (χ2v) is 5.51. The number of aromatic nitrogens is 2. The van der Waals surface area contributed by atoms with Crippen LogP contribution < -0.4 is 0 Å². The minimum absolute atomic E-state index is 0.371. The third-order valence-electron chi connectivity index (χ3n) is 3.38. The van der Waals surface area contributed by atoms with E-state index in [1.54, 1.807) is 24.3 Å². The number of fused-ring (bicyclic) bond motifs is 1. The number of para-hydroxylation sites is 1. The largest absolute Gasteiger partial charge is 0.406 e. The number of nitrogens with zero attached hydrogens (tertiary/aromatic N) is 4. The lowest BCUT2D eigenvalue weighted by molar-refractivity contribution is -0.164. The molecule has 0 saturated carbocycles. The van der Waals surface area contributed by atoms with Crippen LogP contribution in [0.2, 0.25) is 0 Å². The van der Waals surface area contributed by atoms with Crippen LogP contribution in [0.1, 0.15) is 0 Å². The van der Waals surface area contributed by atoms with Gasteiger partial charge in [0.2, 0.25) is 11.8 Å². The fraction of sp³-hybridized carbons (Fsp3) is 0.400. The second kappa shape index (κ2) is 6.90. The highest BCUT2D eigenvalue weighted by Gasteiger charge is 2.34. The first-order chi connectivity index (χ1) is 11.2.